The number of amides is 4. The van der Waals surface area contributed by atoms with E-state index in [2.05, 4.69) is 47.3 Å². The molecule has 0 fully saturated rings. The Morgan fingerprint density at radius 1 is 0.553 bits per heavy atom. The SMILES string of the molecule is CC[C@@H](C)c1nc2oc(-c3ccc(F)cc3)c(C(=O)NC)c2cc1-c1cccc(C(=O)NC(C)(C)C#N)c1.CC[C@H](C)c1nc2oc(-c3ccc(F)cc3)c(C(=O)NC)c2cc1-c1cccc(C(=O)NC(C)(C)C#N)c1. The number of pyridine rings is 2. The lowest BCUT2D eigenvalue weighted by molar-refractivity contribution is 0.0920. The molecule has 0 unspecified atom stereocenters. The summed E-state index contributed by atoms with van der Waals surface area (Å²) < 4.78 is 39.4. The second kappa shape index (κ2) is 22.6. The Kier molecular flexibility index (Phi) is 16.3. The van der Waals surface area contributed by atoms with Gasteiger partial charge in [0.1, 0.15) is 34.2 Å². The molecule has 4 aromatic carbocycles. The number of fused-ring (bicyclic) bond motifs is 2. The van der Waals surface area contributed by atoms with Gasteiger partial charge in [-0.3, -0.25) is 19.2 Å². The van der Waals surface area contributed by atoms with Crippen LogP contribution in [0.5, 0.6) is 0 Å². The van der Waals surface area contributed by atoms with Crippen LogP contribution < -0.4 is 21.3 Å². The molecule has 4 N–H and O–H groups in total. The number of benzene rings is 4. The molecule has 0 aliphatic heterocycles. The van der Waals surface area contributed by atoms with Gasteiger partial charge in [-0.05, 0) is 148 Å². The average Bonchev–Trinajstić information content (AvgIpc) is 4.05. The van der Waals surface area contributed by atoms with Crippen molar-refractivity contribution in [3.8, 4) is 57.0 Å². The Morgan fingerprint density at radius 2 is 0.908 bits per heavy atom. The van der Waals surface area contributed by atoms with E-state index in [-0.39, 0.29) is 35.5 Å². The molecule has 4 aromatic heterocycles. The Hall–Kier alpha value is -9.02. The third kappa shape index (κ3) is 11.7. The van der Waals surface area contributed by atoms with Crippen molar-refractivity contribution in [3.63, 3.8) is 0 Å². The van der Waals surface area contributed by atoms with Gasteiger partial charge in [-0.1, -0.05) is 52.0 Å². The monoisotopic (exact) mass is 1020 g/mol. The van der Waals surface area contributed by atoms with Gasteiger partial charge in [-0.15, -0.1) is 0 Å². The van der Waals surface area contributed by atoms with E-state index in [4.69, 9.17) is 18.8 Å². The van der Waals surface area contributed by atoms with Crippen LogP contribution in [0.3, 0.4) is 0 Å². The summed E-state index contributed by atoms with van der Waals surface area (Å²) in [5.74, 6) is -1.56. The highest BCUT2D eigenvalue weighted by Gasteiger charge is 2.29. The molecule has 2 atom stereocenters. The fourth-order valence-electron chi connectivity index (χ4n) is 8.41. The van der Waals surface area contributed by atoms with Gasteiger partial charge in [-0.25, -0.2) is 18.7 Å². The molecule has 388 valence electrons. The van der Waals surface area contributed by atoms with Gasteiger partial charge in [0.25, 0.3) is 23.6 Å². The van der Waals surface area contributed by atoms with Crippen molar-refractivity contribution >= 4 is 45.8 Å². The van der Waals surface area contributed by atoms with Crippen LogP contribution in [0.4, 0.5) is 8.78 Å². The van der Waals surface area contributed by atoms with Gasteiger partial charge in [-0.2, -0.15) is 10.5 Å². The predicted molar refractivity (Wildman–Crippen MR) is 288 cm³/mol. The number of nitrogens with zero attached hydrogens (tertiary/aromatic N) is 4. The maximum Gasteiger partial charge on any atom is 0.255 e. The lowest BCUT2D eigenvalue weighted by Gasteiger charge is -2.18. The van der Waals surface area contributed by atoms with Crippen molar-refractivity contribution in [2.45, 2.75) is 91.1 Å². The molecular weight excluding hydrogens is 967 g/mol. The van der Waals surface area contributed by atoms with Gasteiger partial charge < -0.3 is 30.1 Å². The molecule has 4 heterocycles. The van der Waals surface area contributed by atoms with Crippen molar-refractivity contribution in [2.75, 3.05) is 14.1 Å². The minimum absolute atomic E-state index is 0.0484. The first-order valence-electron chi connectivity index (χ1n) is 24.8. The summed E-state index contributed by atoms with van der Waals surface area (Å²) >= 11 is 0. The van der Waals surface area contributed by atoms with Crippen molar-refractivity contribution in [1.29, 1.82) is 10.5 Å². The fourth-order valence-corrected chi connectivity index (χ4v) is 8.41. The average molecular weight is 1030 g/mol. The van der Waals surface area contributed by atoms with Gasteiger partial charge in [0.05, 0.1) is 45.4 Å². The van der Waals surface area contributed by atoms with E-state index in [1.165, 1.54) is 38.4 Å². The highest BCUT2D eigenvalue weighted by atomic mass is 19.1. The Labute approximate surface area is 439 Å². The molecule has 14 nitrogen and oxygen atoms in total. The second-order valence-corrected chi connectivity index (χ2v) is 19.5. The van der Waals surface area contributed by atoms with Gasteiger partial charge >= 0.3 is 0 Å². The number of halogens is 2. The molecule has 0 spiro atoms. The number of nitriles is 2. The molecule has 8 aromatic rings. The number of carbonyl (C=O) groups excluding carboxylic acids is 4. The predicted octanol–water partition coefficient (Wildman–Crippen LogP) is 12.4. The van der Waals surface area contributed by atoms with E-state index in [0.717, 1.165) is 46.5 Å². The largest absolute Gasteiger partial charge is 0.437 e. The molecule has 0 saturated heterocycles. The summed E-state index contributed by atoms with van der Waals surface area (Å²) in [5, 5.41) is 30.4. The van der Waals surface area contributed by atoms with Gasteiger partial charge in [0, 0.05) is 47.5 Å². The van der Waals surface area contributed by atoms with E-state index in [1.807, 2.05) is 38.1 Å². The number of nitrogens with one attached hydrogen (secondary N) is 4. The molecule has 0 aliphatic rings. The van der Waals surface area contributed by atoms with E-state index >= 15 is 0 Å². The van der Waals surface area contributed by atoms with Crippen LogP contribution in [0.2, 0.25) is 0 Å². The topological polar surface area (TPSA) is 216 Å². The minimum Gasteiger partial charge on any atom is -0.437 e. The number of hydrogen-bond acceptors (Lipinski definition) is 10. The highest BCUT2D eigenvalue weighted by molar-refractivity contribution is 6.12. The third-order valence-corrected chi connectivity index (χ3v) is 13.0. The first-order chi connectivity index (χ1) is 36.2. The van der Waals surface area contributed by atoms with Crippen LogP contribution >= 0.6 is 0 Å². The Balaban J connectivity index is 0.000000221. The third-order valence-electron chi connectivity index (χ3n) is 13.0. The van der Waals surface area contributed by atoms with Gasteiger partial charge in [0.15, 0.2) is 0 Å². The van der Waals surface area contributed by atoms with Crippen LogP contribution in [-0.2, 0) is 0 Å². The first kappa shape index (κ1) is 54.7. The standard InChI is InChI=1S/2C30H29FN4O3/c2*1-6-17(2)25-22(19-8-7-9-20(14-19)27(36)35-30(3,4)16-32)15-23-24(28(37)33-5)26(38-29(23)34-25)18-10-12-21(31)13-11-18/h2*7-15,17H,6H2,1-5H3,(H,33,37)(H,35,36)/t2*17-/m10/s1. The Bertz CT molecular complexity index is 3370. The summed E-state index contributed by atoms with van der Waals surface area (Å²) in [7, 11) is 3.06. The van der Waals surface area contributed by atoms with Crippen molar-refractivity contribution in [1.82, 2.24) is 31.2 Å². The summed E-state index contributed by atoms with van der Waals surface area (Å²) in [6, 6.07) is 33.5. The summed E-state index contributed by atoms with van der Waals surface area (Å²) in [6.07, 6.45) is 1.60. The smallest absolute Gasteiger partial charge is 0.255 e. The molecular formula is C60H58F2N8O6. The second-order valence-electron chi connectivity index (χ2n) is 19.5. The zero-order valence-corrected chi connectivity index (χ0v) is 44.0. The first-order valence-corrected chi connectivity index (χ1v) is 24.8. The van der Waals surface area contributed by atoms with Crippen LogP contribution in [0.1, 0.15) is 133 Å². The van der Waals surface area contributed by atoms with E-state index < -0.39 is 22.7 Å². The number of carbonyl (C=O) groups is 4. The molecule has 0 aliphatic carbocycles. The maximum atomic E-state index is 13.6. The zero-order valence-electron chi connectivity index (χ0n) is 44.0. The molecule has 16 heteroatoms. The summed E-state index contributed by atoms with van der Waals surface area (Å²) in [5.41, 5.74) is 5.56. The van der Waals surface area contributed by atoms with E-state index in [9.17, 15) is 38.5 Å². The van der Waals surface area contributed by atoms with Crippen molar-refractivity contribution < 1.29 is 36.8 Å². The quantitative estimate of drug-likeness (QED) is 0.0808. The maximum absolute atomic E-state index is 13.6. The molecule has 0 saturated carbocycles. The number of furan rings is 2. The number of rotatable bonds is 14. The minimum atomic E-state index is -1.02. The summed E-state index contributed by atoms with van der Waals surface area (Å²) in [6.45, 7) is 14.7. The molecule has 76 heavy (non-hydrogen) atoms. The molecule has 8 rings (SSSR count). The molecule has 4 amide bonds. The lowest BCUT2D eigenvalue weighted by Crippen LogP contribution is -2.42. The van der Waals surface area contributed by atoms with E-state index in [1.54, 1.807) is 88.4 Å². The highest BCUT2D eigenvalue weighted by Crippen LogP contribution is 2.41. The number of hydrogen-bond donors (Lipinski definition) is 4. The van der Waals surface area contributed by atoms with Crippen LogP contribution in [-0.4, -0.2) is 58.8 Å². The number of aromatic nitrogens is 2. The van der Waals surface area contributed by atoms with Gasteiger partial charge in [0.2, 0.25) is 11.4 Å². The van der Waals surface area contributed by atoms with Crippen LogP contribution in [0, 0.1) is 34.3 Å². The fraction of sp³-hybridized carbons (Fsp3) is 0.267. The Morgan fingerprint density at radius 3 is 1.22 bits per heavy atom. The lowest BCUT2D eigenvalue weighted by atomic mass is 9.92. The van der Waals surface area contributed by atoms with Crippen molar-refractivity contribution in [3.05, 3.63) is 154 Å². The van der Waals surface area contributed by atoms with Crippen LogP contribution in [0.15, 0.2) is 118 Å². The normalized spacial score (nSPS) is 12.1. The molecule has 0 radical (unpaired) electrons. The van der Waals surface area contributed by atoms with E-state index in [0.29, 0.717) is 67.1 Å². The zero-order chi connectivity index (χ0) is 55.2. The summed E-state index contributed by atoms with van der Waals surface area (Å²) in [4.78, 5) is 61.5. The molecule has 0 bridgehead atoms. The van der Waals surface area contributed by atoms with Crippen molar-refractivity contribution in [2.24, 2.45) is 0 Å². The van der Waals surface area contributed by atoms with Crippen LogP contribution in [0.25, 0.3) is 67.1 Å².